The van der Waals surface area contributed by atoms with Crippen LogP contribution in [0.2, 0.25) is 0 Å². The molecule has 1 fully saturated rings. The predicted octanol–water partition coefficient (Wildman–Crippen LogP) is 3.16. The first-order valence-corrected chi connectivity index (χ1v) is 11.0. The van der Waals surface area contributed by atoms with Crippen LogP contribution in [0.4, 0.5) is 10.1 Å². The molecular weight excluding hydrogens is 427 g/mol. The highest BCUT2D eigenvalue weighted by Gasteiger charge is 2.28. The molecule has 31 heavy (non-hydrogen) atoms. The van der Waals surface area contributed by atoms with Gasteiger partial charge in [-0.3, -0.25) is 4.79 Å². The van der Waals surface area contributed by atoms with Gasteiger partial charge in [0, 0.05) is 24.0 Å². The van der Waals surface area contributed by atoms with E-state index in [1.165, 1.54) is 41.7 Å². The fourth-order valence-corrected chi connectivity index (χ4v) is 4.92. The van der Waals surface area contributed by atoms with E-state index in [2.05, 4.69) is 5.32 Å². The second-order valence-electron chi connectivity index (χ2n) is 7.01. The van der Waals surface area contributed by atoms with Crippen molar-refractivity contribution >= 4 is 32.6 Å². The number of amides is 1. The van der Waals surface area contributed by atoms with Gasteiger partial charge in [-0.25, -0.2) is 12.8 Å². The number of morpholine rings is 1. The first kappa shape index (κ1) is 21.3. The number of hydrogen-bond acceptors (Lipinski definition) is 6. The molecule has 2 heterocycles. The molecule has 1 saturated heterocycles. The van der Waals surface area contributed by atoms with E-state index in [1.54, 1.807) is 13.0 Å². The number of furan rings is 1. The number of para-hydroxylation sites is 1. The summed E-state index contributed by atoms with van der Waals surface area (Å²) in [5.41, 5.74) is 0.617. The van der Waals surface area contributed by atoms with E-state index in [0.29, 0.717) is 24.2 Å². The Morgan fingerprint density at radius 1 is 1.19 bits per heavy atom. The van der Waals surface area contributed by atoms with E-state index < -0.39 is 21.7 Å². The third-order valence-electron chi connectivity index (χ3n) is 5.15. The number of rotatable bonds is 5. The summed E-state index contributed by atoms with van der Waals surface area (Å²) in [6, 6.07) is 8.65. The number of nitrogens with one attached hydrogen (secondary N) is 1. The Morgan fingerprint density at radius 3 is 2.61 bits per heavy atom. The summed E-state index contributed by atoms with van der Waals surface area (Å²) in [5.74, 6) is -1.01. The number of hydrogen-bond donors (Lipinski definition) is 1. The molecule has 0 saturated carbocycles. The van der Waals surface area contributed by atoms with Crippen LogP contribution in [-0.4, -0.2) is 52.0 Å². The molecule has 10 heteroatoms. The van der Waals surface area contributed by atoms with E-state index >= 15 is 0 Å². The largest absolute Gasteiger partial charge is 0.495 e. The molecule has 2 aromatic carbocycles. The summed E-state index contributed by atoms with van der Waals surface area (Å²) < 4.78 is 57.2. The van der Waals surface area contributed by atoms with E-state index in [0.717, 1.165) is 0 Å². The number of aryl methyl sites for hydroxylation is 1. The molecule has 0 radical (unpaired) electrons. The third kappa shape index (κ3) is 3.89. The Bertz CT molecular complexity index is 1250. The second kappa shape index (κ2) is 8.29. The lowest BCUT2D eigenvalue weighted by molar-refractivity contribution is 0.0730. The van der Waals surface area contributed by atoms with Crippen molar-refractivity contribution in [3.8, 4) is 5.75 Å². The maximum absolute atomic E-state index is 14.0. The molecule has 0 atom stereocenters. The number of halogens is 1. The molecule has 4 rings (SSSR count). The van der Waals surface area contributed by atoms with E-state index in [-0.39, 0.29) is 40.8 Å². The molecule has 1 amide bonds. The number of benzene rings is 2. The number of sulfonamides is 1. The average Bonchev–Trinajstić information content (AvgIpc) is 3.12. The Balaban J connectivity index is 1.68. The van der Waals surface area contributed by atoms with Crippen LogP contribution in [0, 0.1) is 12.7 Å². The molecule has 1 aliphatic rings. The molecule has 8 nitrogen and oxygen atoms in total. The first-order valence-electron chi connectivity index (χ1n) is 9.58. The van der Waals surface area contributed by atoms with Crippen molar-refractivity contribution in [2.75, 3.05) is 38.7 Å². The highest BCUT2D eigenvalue weighted by atomic mass is 32.2. The van der Waals surface area contributed by atoms with Gasteiger partial charge < -0.3 is 19.2 Å². The number of ether oxygens (including phenoxy) is 2. The minimum atomic E-state index is -3.77. The standard InChI is InChI=1S/C21H21FN2O6S/c1-13-15-4-3-5-16(22)20(15)30-19(13)21(25)23-17-12-14(6-7-18(17)28-2)31(26,27)24-8-10-29-11-9-24/h3-7,12H,8-11H2,1-2H3,(H,23,25). The summed E-state index contributed by atoms with van der Waals surface area (Å²) in [5, 5.41) is 3.11. The van der Waals surface area contributed by atoms with Gasteiger partial charge in [-0.15, -0.1) is 0 Å². The zero-order valence-corrected chi connectivity index (χ0v) is 17.8. The van der Waals surface area contributed by atoms with Crippen LogP contribution in [0.25, 0.3) is 11.0 Å². The Morgan fingerprint density at radius 2 is 1.94 bits per heavy atom. The molecule has 0 spiro atoms. The van der Waals surface area contributed by atoms with Gasteiger partial charge in [0.25, 0.3) is 5.91 Å². The topological polar surface area (TPSA) is 98.1 Å². The summed E-state index contributed by atoms with van der Waals surface area (Å²) >= 11 is 0. The molecular formula is C21H21FN2O6S. The molecule has 3 aromatic rings. The zero-order chi connectivity index (χ0) is 22.2. The highest BCUT2D eigenvalue weighted by molar-refractivity contribution is 7.89. The van der Waals surface area contributed by atoms with Crippen molar-refractivity contribution in [3.05, 3.63) is 53.5 Å². The zero-order valence-electron chi connectivity index (χ0n) is 17.0. The van der Waals surface area contributed by atoms with Gasteiger partial charge in [-0.2, -0.15) is 4.31 Å². The molecule has 1 aliphatic heterocycles. The van der Waals surface area contributed by atoms with Crippen molar-refractivity contribution in [1.82, 2.24) is 4.31 Å². The fourth-order valence-electron chi connectivity index (χ4n) is 3.49. The maximum Gasteiger partial charge on any atom is 0.291 e. The van der Waals surface area contributed by atoms with Gasteiger partial charge in [-0.05, 0) is 31.2 Å². The number of anilines is 1. The molecule has 0 aliphatic carbocycles. The fraction of sp³-hybridized carbons (Fsp3) is 0.286. The summed E-state index contributed by atoms with van der Waals surface area (Å²) in [6.45, 7) is 2.79. The average molecular weight is 448 g/mol. The summed E-state index contributed by atoms with van der Waals surface area (Å²) in [6.07, 6.45) is 0. The summed E-state index contributed by atoms with van der Waals surface area (Å²) in [4.78, 5) is 12.9. The maximum atomic E-state index is 14.0. The Hall–Kier alpha value is -2.95. The van der Waals surface area contributed by atoms with E-state index in [4.69, 9.17) is 13.9 Å². The third-order valence-corrected chi connectivity index (χ3v) is 7.04. The number of fused-ring (bicyclic) bond motifs is 1. The molecule has 0 unspecified atom stereocenters. The van der Waals surface area contributed by atoms with E-state index in [9.17, 15) is 17.6 Å². The minimum Gasteiger partial charge on any atom is -0.495 e. The van der Waals surface area contributed by atoms with Crippen molar-refractivity contribution in [2.24, 2.45) is 0 Å². The van der Waals surface area contributed by atoms with Gasteiger partial charge in [0.2, 0.25) is 10.0 Å². The lowest BCUT2D eigenvalue weighted by Crippen LogP contribution is -2.40. The van der Waals surface area contributed by atoms with Crippen molar-refractivity contribution < 1.29 is 31.5 Å². The molecule has 164 valence electrons. The lowest BCUT2D eigenvalue weighted by atomic mass is 10.1. The number of methoxy groups -OCH3 is 1. The van der Waals surface area contributed by atoms with Crippen LogP contribution in [0.1, 0.15) is 16.1 Å². The van der Waals surface area contributed by atoms with Gasteiger partial charge in [0.1, 0.15) is 5.75 Å². The van der Waals surface area contributed by atoms with Crippen molar-refractivity contribution in [2.45, 2.75) is 11.8 Å². The van der Waals surface area contributed by atoms with Crippen molar-refractivity contribution in [3.63, 3.8) is 0 Å². The van der Waals surface area contributed by atoms with Crippen LogP contribution in [0.3, 0.4) is 0 Å². The lowest BCUT2D eigenvalue weighted by Gasteiger charge is -2.26. The summed E-state index contributed by atoms with van der Waals surface area (Å²) in [7, 11) is -2.37. The van der Waals surface area contributed by atoms with Gasteiger partial charge in [0.15, 0.2) is 17.2 Å². The Kier molecular flexibility index (Phi) is 5.69. The quantitative estimate of drug-likeness (QED) is 0.644. The smallest absolute Gasteiger partial charge is 0.291 e. The van der Waals surface area contributed by atoms with Crippen LogP contribution < -0.4 is 10.1 Å². The van der Waals surface area contributed by atoms with Gasteiger partial charge in [0.05, 0.1) is 30.9 Å². The molecule has 0 bridgehead atoms. The normalized spacial score (nSPS) is 15.2. The van der Waals surface area contributed by atoms with E-state index in [1.807, 2.05) is 0 Å². The van der Waals surface area contributed by atoms with Gasteiger partial charge in [-0.1, -0.05) is 12.1 Å². The molecule has 1 aromatic heterocycles. The first-order chi connectivity index (χ1) is 14.8. The monoisotopic (exact) mass is 448 g/mol. The van der Waals surface area contributed by atoms with Gasteiger partial charge >= 0.3 is 0 Å². The van der Waals surface area contributed by atoms with Crippen LogP contribution >= 0.6 is 0 Å². The number of carbonyl (C=O) groups excluding carboxylic acids is 1. The van der Waals surface area contributed by atoms with Crippen molar-refractivity contribution in [1.29, 1.82) is 0 Å². The minimum absolute atomic E-state index is 0.0119. The SMILES string of the molecule is COc1ccc(S(=O)(=O)N2CCOCC2)cc1NC(=O)c1oc2c(F)cccc2c1C. The Labute approximate surface area is 178 Å². The number of carbonyl (C=O) groups is 1. The highest BCUT2D eigenvalue weighted by Crippen LogP contribution is 2.32. The van der Waals surface area contributed by atoms with Crippen LogP contribution in [-0.2, 0) is 14.8 Å². The predicted molar refractivity (Wildman–Crippen MR) is 111 cm³/mol. The van der Waals surface area contributed by atoms with Crippen LogP contribution in [0.5, 0.6) is 5.75 Å². The van der Waals surface area contributed by atoms with Crippen LogP contribution in [0.15, 0.2) is 45.7 Å². The second-order valence-corrected chi connectivity index (χ2v) is 8.94. The molecule has 1 N–H and O–H groups in total. The number of nitrogens with zero attached hydrogens (tertiary/aromatic N) is 1.